The lowest BCUT2D eigenvalue weighted by atomic mass is 9.68. The van der Waals surface area contributed by atoms with Crippen LogP contribution in [-0.2, 0) is 31.4 Å². The molecule has 2 aliphatic carbocycles. The number of allylic oxidation sites excluding steroid dienone is 1. The highest BCUT2D eigenvalue weighted by molar-refractivity contribution is 7.90. The number of rotatable bonds is 1. The number of sulfonamides is 1. The molecule has 1 amide bonds. The molecule has 2 aromatic rings. The summed E-state index contributed by atoms with van der Waals surface area (Å²) in [5.41, 5.74) is 3.05. The first-order chi connectivity index (χ1) is 18.8. The number of fused-ring (bicyclic) bond motifs is 4. The first-order valence-electron chi connectivity index (χ1n) is 13.8. The van der Waals surface area contributed by atoms with E-state index in [9.17, 15) is 13.2 Å². The molecule has 1 N–H and O–H groups in total. The SMILES string of the molecule is CO[C@H]1/C=C\CCC(=O)NS(=O)(=O)c2ccc3c(c2)N(C[C@@H]2CC[C@H]21)C[C@@]1(CCCc2cc(Cl)ccc21)CO3. The Morgan fingerprint density at radius 3 is 2.82 bits per heavy atom. The Morgan fingerprint density at radius 2 is 2.03 bits per heavy atom. The molecule has 4 atom stereocenters. The summed E-state index contributed by atoms with van der Waals surface area (Å²) in [6, 6.07) is 11.1. The van der Waals surface area contributed by atoms with Crippen molar-refractivity contribution in [3.05, 3.63) is 64.7 Å². The van der Waals surface area contributed by atoms with Crippen molar-refractivity contribution in [3.63, 3.8) is 0 Å². The first kappa shape index (κ1) is 26.7. The van der Waals surface area contributed by atoms with Crippen molar-refractivity contribution in [1.29, 1.82) is 0 Å². The van der Waals surface area contributed by atoms with Gasteiger partial charge in [0, 0.05) is 37.1 Å². The molecular weight excluding hydrogens is 536 g/mol. The maximum absolute atomic E-state index is 13.2. The van der Waals surface area contributed by atoms with Crippen LogP contribution in [0.4, 0.5) is 5.69 Å². The average molecular weight is 571 g/mol. The Kier molecular flexibility index (Phi) is 7.14. The van der Waals surface area contributed by atoms with Crippen LogP contribution in [-0.4, -0.2) is 47.2 Å². The van der Waals surface area contributed by atoms with Crippen molar-refractivity contribution in [3.8, 4) is 5.75 Å². The molecule has 2 heterocycles. The van der Waals surface area contributed by atoms with Crippen LogP contribution in [0.5, 0.6) is 5.75 Å². The second kappa shape index (κ2) is 10.5. The number of hydrogen-bond acceptors (Lipinski definition) is 6. The minimum atomic E-state index is -4.02. The third kappa shape index (κ3) is 5.07. The fourth-order valence-corrected chi connectivity index (χ4v) is 8.13. The van der Waals surface area contributed by atoms with Gasteiger partial charge in [0.1, 0.15) is 5.75 Å². The second-order valence-corrected chi connectivity index (χ2v) is 13.6. The van der Waals surface area contributed by atoms with E-state index in [0.717, 1.165) is 49.4 Å². The average Bonchev–Trinajstić information content (AvgIpc) is 3.04. The number of benzene rings is 2. The molecular formula is C30H35ClN2O5S. The van der Waals surface area contributed by atoms with E-state index in [4.69, 9.17) is 21.1 Å². The number of amides is 1. The number of methoxy groups -OCH3 is 1. The van der Waals surface area contributed by atoms with Gasteiger partial charge < -0.3 is 14.4 Å². The number of ether oxygens (including phenoxy) is 2. The smallest absolute Gasteiger partial charge is 0.264 e. The molecule has 1 spiro atoms. The molecule has 0 saturated heterocycles. The maximum Gasteiger partial charge on any atom is 0.264 e. The zero-order valence-corrected chi connectivity index (χ0v) is 23.8. The number of hydrogen-bond donors (Lipinski definition) is 1. The summed E-state index contributed by atoms with van der Waals surface area (Å²) in [6.07, 6.45) is 9.64. The van der Waals surface area contributed by atoms with Crippen molar-refractivity contribution >= 4 is 33.2 Å². The van der Waals surface area contributed by atoms with Gasteiger partial charge >= 0.3 is 0 Å². The third-order valence-electron chi connectivity index (χ3n) is 9.06. The topological polar surface area (TPSA) is 84.9 Å². The van der Waals surface area contributed by atoms with E-state index in [1.165, 1.54) is 17.2 Å². The van der Waals surface area contributed by atoms with E-state index >= 15 is 0 Å². The number of carbonyl (C=O) groups excluding carboxylic acids is 1. The highest BCUT2D eigenvalue weighted by Crippen LogP contribution is 2.47. The Morgan fingerprint density at radius 1 is 1.15 bits per heavy atom. The highest BCUT2D eigenvalue weighted by atomic mass is 35.5. The van der Waals surface area contributed by atoms with Gasteiger partial charge in [-0.3, -0.25) is 4.79 Å². The van der Waals surface area contributed by atoms with Crippen molar-refractivity contribution in [2.75, 3.05) is 31.7 Å². The zero-order chi connectivity index (χ0) is 27.2. The van der Waals surface area contributed by atoms with Gasteiger partial charge in [-0.15, -0.1) is 0 Å². The number of nitrogens with one attached hydrogen (secondary N) is 1. The van der Waals surface area contributed by atoms with E-state index in [2.05, 4.69) is 21.8 Å². The normalized spacial score (nSPS) is 30.8. The summed E-state index contributed by atoms with van der Waals surface area (Å²) in [4.78, 5) is 14.9. The minimum absolute atomic E-state index is 0.0405. The molecule has 208 valence electrons. The summed E-state index contributed by atoms with van der Waals surface area (Å²) >= 11 is 6.37. The van der Waals surface area contributed by atoms with Crippen LogP contribution < -0.4 is 14.4 Å². The number of anilines is 1. The Hall–Kier alpha value is -2.55. The molecule has 0 radical (unpaired) electrons. The molecule has 4 aliphatic rings. The first-order valence-corrected chi connectivity index (χ1v) is 15.7. The summed E-state index contributed by atoms with van der Waals surface area (Å²) in [6.45, 7) is 1.99. The molecule has 6 rings (SSSR count). The number of nitrogens with zero attached hydrogens (tertiary/aromatic N) is 1. The van der Waals surface area contributed by atoms with E-state index in [0.29, 0.717) is 37.2 Å². The van der Waals surface area contributed by atoms with Crippen molar-refractivity contribution < 1.29 is 22.7 Å². The quantitative estimate of drug-likeness (QED) is 0.485. The Balaban J connectivity index is 1.45. The summed E-state index contributed by atoms with van der Waals surface area (Å²) in [5, 5.41) is 0.741. The molecule has 0 aromatic heterocycles. The van der Waals surface area contributed by atoms with Crippen LogP contribution in [0.25, 0.3) is 0 Å². The fraction of sp³-hybridized carbons (Fsp3) is 0.500. The van der Waals surface area contributed by atoms with Gasteiger partial charge in [0.15, 0.2) is 0 Å². The lowest BCUT2D eigenvalue weighted by Gasteiger charge is -2.46. The molecule has 2 aromatic carbocycles. The van der Waals surface area contributed by atoms with Crippen LogP contribution in [0.1, 0.15) is 49.7 Å². The molecule has 2 aliphatic heterocycles. The van der Waals surface area contributed by atoms with Gasteiger partial charge in [-0.1, -0.05) is 29.8 Å². The van der Waals surface area contributed by atoms with Crippen LogP contribution in [0, 0.1) is 11.8 Å². The third-order valence-corrected chi connectivity index (χ3v) is 10.7. The van der Waals surface area contributed by atoms with Crippen molar-refractivity contribution in [2.45, 2.75) is 61.4 Å². The largest absolute Gasteiger partial charge is 0.490 e. The standard InChI is InChI=1S/C30H35ClN2O5S/c1-37-27-6-2-3-7-29(34)32-39(35,36)23-10-13-28-26(16-23)33(17-21-8-11-24(21)27)18-30(19-38-28)14-4-5-20-15-22(31)9-12-25(20)30/h2,6,9-10,12-13,15-16,21,24,27H,3-5,7-8,11,14,17-19H2,1H3,(H,32,34)/b6-2-/t21-,24+,27-,30-/m0/s1. The zero-order valence-electron chi connectivity index (χ0n) is 22.2. The summed E-state index contributed by atoms with van der Waals surface area (Å²) < 4.78 is 41.0. The monoisotopic (exact) mass is 570 g/mol. The van der Waals surface area contributed by atoms with Gasteiger partial charge in [-0.25, -0.2) is 13.1 Å². The molecule has 9 heteroatoms. The summed E-state index contributed by atoms with van der Waals surface area (Å²) in [7, 11) is -2.29. The van der Waals surface area contributed by atoms with Crippen LogP contribution >= 0.6 is 11.6 Å². The lowest BCUT2D eigenvalue weighted by Crippen LogP contribution is -2.49. The molecule has 2 bridgehead atoms. The van der Waals surface area contributed by atoms with Gasteiger partial charge in [0.2, 0.25) is 5.91 Å². The number of aryl methyl sites for hydroxylation is 1. The molecule has 7 nitrogen and oxygen atoms in total. The second-order valence-electron chi connectivity index (χ2n) is 11.4. The van der Waals surface area contributed by atoms with E-state index in [1.54, 1.807) is 19.2 Å². The van der Waals surface area contributed by atoms with Gasteiger partial charge in [0.25, 0.3) is 10.0 Å². The van der Waals surface area contributed by atoms with Gasteiger partial charge in [0.05, 0.1) is 23.3 Å². The predicted molar refractivity (Wildman–Crippen MR) is 151 cm³/mol. The molecule has 1 saturated carbocycles. The van der Waals surface area contributed by atoms with E-state index < -0.39 is 15.9 Å². The number of halogens is 1. The van der Waals surface area contributed by atoms with E-state index in [1.807, 2.05) is 18.2 Å². The summed E-state index contributed by atoms with van der Waals surface area (Å²) in [5.74, 6) is 0.894. The van der Waals surface area contributed by atoms with Crippen molar-refractivity contribution in [2.24, 2.45) is 11.8 Å². The lowest BCUT2D eigenvalue weighted by molar-refractivity contribution is -0.119. The van der Waals surface area contributed by atoms with Gasteiger partial charge in [-0.05, 0) is 91.8 Å². The highest BCUT2D eigenvalue weighted by Gasteiger charge is 2.44. The Labute approximate surface area is 235 Å². The minimum Gasteiger partial charge on any atom is -0.490 e. The van der Waals surface area contributed by atoms with Crippen LogP contribution in [0.15, 0.2) is 53.4 Å². The van der Waals surface area contributed by atoms with Crippen molar-refractivity contribution in [1.82, 2.24) is 4.72 Å². The predicted octanol–water partition coefficient (Wildman–Crippen LogP) is 5.01. The van der Waals surface area contributed by atoms with E-state index in [-0.39, 0.29) is 22.8 Å². The van der Waals surface area contributed by atoms with Crippen LogP contribution in [0.3, 0.4) is 0 Å². The number of carbonyl (C=O) groups is 1. The van der Waals surface area contributed by atoms with Crippen LogP contribution in [0.2, 0.25) is 5.02 Å². The molecule has 1 fully saturated rings. The maximum atomic E-state index is 13.2. The van der Waals surface area contributed by atoms with Gasteiger partial charge in [-0.2, -0.15) is 0 Å². The Bertz CT molecular complexity index is 1410. The molecule has 0 unspecified atom stereocenters. The molecule has 39 heavy (non-hydrogen) atoms. The fourth-order valence-electron chi connectivity index (χ4n) is 6.90.